The van der Waals surface area contributed by atoms with Gasteiger partial charge in [-0.25, -0.2) is 0 Å². The van der Waals surface area contributed by atoms with Gasteiger partial charge in [-0.3, -0.25) is 0 Å². The second kappa shape index (κ2) is 6.44. The summed E-state index contributed by atoms with van der Waals surface area (Å²) in [5.41, 5.74) is 2.61. The van der Waals surface area contributed by atoms with E-state index in [1.165, 1.54) is 30.4 Å². The minimum Gasteiger partial charge on any atom is -0.492 e. The zero-order valence-corrected chi connectivity index (χ0v) is 12.0. The van der Waals surface area contributed by atoms with Crippen molar-refractivity contribution in [3.63, 3.8) is 0 Å². The van der Waals surface area contributed by atoms with Gasteiger partial charge in [0, 0.05) is 6.04 Å². The summed E-state index contributed by atoms with van der Waals surface area (Å²) in [6.07, 6.45) is 4.98. The zero-order valence-electron chi connectivity index (χ0n) is 11.3. The highest BCUT2D eigenvalue weighted by Crippen LogP contribution is 2.29. The third kappa shape index (κ3) is 3.39. The first-order valence-corrected chi connectivity index (χ1v) is 7.23. The van der Waals surface area contributed by atoms with Crippen molar-refractivity contribution < 1.29 is 4.74 Å². The van der Waals surface area contributed by atoms with E-state index in [4.69, 9.17) is 16.3 Å². The van der Waals surface area contributed by atoms with Crippen LogP contribution in [0.25, 0.3) is 0 Å². The predicted molar refractivity (Wildman–Crippen MR) is 76.7 cm³/mol. The molecule has 0 aliphatic carbocycles. The molecule has 1 atom stereocenters. The third-order valence-corrected chi connectivity index (χ3v) is 3.86. The molecule has 1 aromatic carbocycles. The van der Waals surface area contributed by atoms with Crippen LogP contribution in [0, 0.1) is 6.92 Å². The lowest BCUT2D eigenvalue weighted by Crippen LogP contribution is -2.35. The van der Waals surface area contributed by atoms with Gasteiger partial charge in [-0.1, -0.05) is 18.0 Å². The Morgan fingerprint density at radius 1 is 1.39 bits per heavy atom. The number of hydrogen-bond donors (Lipinski definition) is 1. The number of benzene rings is 1. The van der Waals surface area contributed by atoms with Crippen LogP contribution in [0.5, 0.6) is 5.75 Å². The highest BCUT2D eigenvalue weighted by Gasteiger charge is 2.15. The second-order valence-corrected chi connectivity index (χ2v) is 5.40. The van der Waals surface area contributed by atoms with E-state index < -0.39 is 0 Å². The van der Waals surface area contributed by atoms with Crippen molar-refractivity contribution in [3.05, 3.63) is 28.3 Å². The van der Waals surface area contributed by atoms with Crippen LogP contribution in [0.2, 0.25) is 5.02 Å². The molecule has 0 saturated carbocycles. The van der Waals surface area contributed by atoms with E-state index in [2.05, 4.69) is 24.4 Å². The summed E-state index contributed by atoms with van der Waals surface area (Å²) in [5, 5.41) is 4.31. The monoisotopic (exact) mass is 267 g/mol. The molecule has 1 aliphatic heterocycles. The number of ether oxygens (including phenoxy) is 1. The SMILES string of the molecule is CCOc1cc(C)c(CC2CCCCN2)cc1Cl. The van der Waals surface area contributed by atoms with Crippen LogP contribution in [0.15, 0.2) is 12.1 Å². The van der Waals surface area contributed by atoms with Crippen LogP contribution in [-0.4, -0.2) is 19.2 Å². The Balaban J connectivity index is 2.10. The van der Waals surface area contributed by atoms with E-state index in [-0.39, 0.29) is 0 Å². The Kier molecular flexibility index (Phi) is 4.90. The van der Waals surface area contributed by atoms with Crippen molar-refractivity contribution in [2.75, 3.05) is 13.2 Å². The molecule has 3 heteroatoms. The molecular formula is C15H22ClNO. The molecule has 0 amide bonds. The summed E-state index contributed by atoms with van der Waals surface area (Å²) in [5.74, 6) is 0.803. The number of rotatable bonds is 4. The Hall–Kier alpha value is -0.730. The number of hydrogen-bond acceptors (Lipinski definition) is 2. The molecule has 1 N–H and O–H groups in total. The molecule has 2 rings (SSSR count). The first kappa shape index (κ1) is 13.7. The summed E-state index contributed by atoms with van der Waals surface area (Å²) in [6, 6.07) is 4.73. The molecule has 2 nitrogen and oxygen atoms in total. The molecule has 0 radical (unpaired) electrons. The molecule has 18 heavy (non-hydrogen) atoms. The molecule has 1 heterocycles. The molecule has 0 spiro atoms. The average molecular weight is 268 g/mol. The van der Waals surface area contributed by atoms with Crippen molar-refractivity contribution in [2.24, 2.45) is 0 Å². The van der Waals surface area contributed by atoms with Crippen LogP contribution in [-0.2, 0) is 6.42 Å². The van der Waals surface area contributed by atoms with E-state index in [0.717, 1.165) is 23.7 Å². The summed E-state index contributed by atoms with van der Waals surface area (Å²) in [6.45, 7) is 5.92. The van der Waals surface area contributed by atoms with Gasteiger partial charge < -0.3 is 10.1 Å². The number of nitrogens with one attached hydrogen (secondary N) is 1. The Morgan fingerprint density at radius 2 is 2.22 bits per heavy atom. The molecule has 1 unspecified atom stereocenters. The summed E-state index contributed by atoms with van der Waals surface area (Å²) in [7, 11) is 0. The van der Waals surface area contributed by atoms with Crippen LogP contribution < -0.4 is 10.1 Å². The smallest absolute Gasteiger partial charge is 0.138 e. The van der Waals surface area contributed by atoms with Crippen LogP contribution in [0.1, 0.15) is 37.3 Å². The average Bonchev–Trinajstić information content (AvgIpc) is 2.37. The molecule has 100 valence electrons. The molecule has 1 fully saturated rings. The topological polar surface area (TPSA) is 21.3 Å². The predicted octanol–water partition coefficient (Wildman–Crippen LogP) is 3.73. The Bertz CT molecular complexity index is 400. The van der Waals surface area contributed by atoms with Gasteiger partial charge in [0.2, 0.25) is 0 Å². The van der Waals surface area contributed by atoms with Crippen molar-refractivity contribution in [2.45, 2.75) is 45.6 Å². The van der Waals surface area contributed by atoms with E-state index in [0.29, 0.717) is 12.6 Å². The van der Waals surface area contributed by atoms with Crippen molar-refractivity contribution >= 4 is 11.6 Å². The fourth-order valence-corrected chi connectivity index (χ4v) is 2.79. The van der Waals surface area contributed by atoms with E-state index in [1.54, 1.807) is 0 Å². The Morgan fingerprint density at radius 3 is 2.89 bits per heavy atom. The molecule has 0 bridgehead atoms. The van der Waals surface area contributed by atoms with Crippen molar-refractivity contribution in [3.8, 4) is 5.75 Å². The maximum absolute atomic E-state index is 6.25. The quantitative estimate of drug-likeness (QED) is 0.898. The van der Waals surface area contributed by atoms with E-state index in [1.807, 2.05) is 6.92 Å². The third-order valence-electron chi connectivity index (χ3n) is 3.57. The maximum atomic E-state index is 6.25. The minimum atomic E-state index is 0.603. The van der Waals surface area contributed by atoms with Gasteiger partial charge in [-0.05, 0) is 62.9 Å². The molecule has 0 aromatic heterocycles. The fraction of sp³-hybridized carbons (Fsp3) is 0.600. The van der Waals surface area contributed by atoms with Crippen molar-refractivity contribution in [1.29, 1.82) is 0 Å². The number of aryl methyl sites for hydroxylation is 1. The highest BCUT2D eigenvalue weighted by molar-refractivity contribution is 6.32. The van der Waals surface area contributed by atoms with Gasteiger partial charge in [0.1, 0.15) is 5.75 Å². The number of halogens is 1. The molecule has 1 saturated heterocycles. The zero-order chi connectivity index (χ0) is 13.0. The normalized spacial score (nSPS) is 19.8. The number of piperidine rings is 1. The van der Waals surface area contributed by atoms with Gasteiger partial charge in [0.05, 0.1) is 11.6 Å². The fourth-order valence-electron chi connectivity index (χ4n) is 2.55. The van der Waals surface area contributed by atoms with E-state index in [9.17, 15) is 0 Å². The van der Waals surface area contributed by atoms with Gasteiger partial charge in [0.15, 0.2) is 0 Å². The van der Waals surface area contributed by atoms with E-state index >= 15 is 0 Å². The molecular weight excluding hydrogens is 246 g/mol. The summed E-state index contributed by atoms with van der Waals surface area (Å²) < 4.78 is 5.51. The first-order valence-electron chi connectivity index (χ1n) is 6.86. The van der Waals surface area contributed by atoms with Crippen molar-refractivity contribution in [1.82, 2.24) is 5.32 Å². The summed E-state index contributed by atoms with van der Waals surface area (Å²) in [4.78, 5) is 0. The minimum absolute atomic E-state index is 0.603. The lowest BCUT2D eigenvalue weighted by atomic mass is 9.95. The van der Waals surface area contributed by atoms with Crippen LogP contribution in [0.4, 0.5) is 0 Å². The van der Waals surface area contributed by atoms with Gasteiger partial charge in [0.25, 0.3) is 0 Å². The second-order valence-electron chi connectivity index (χ2n) is 4.99. The van der Waals surface area contributed by atoms with Gasteiger partial charge in [-0.15, -0.1) is 0 Å². The standard InChI is InChI=1S/C15H22ClNO/c1-3-18-15-8-11(2)12(10-14(15)16)9-13-6-4-5-7-17-13/h8,10,13,17H,3-7,9H2,1-2H3. The lowest BCUT2D eigenvalue weighted by Gasteiger charge is -2.24. The molecule has 1 aromatic rings. The molecule has 1 aliphatic rings. The van der Waals surface area contributed by atoms with Gasteiger partial charge in [-0.2, -0.15) is 0 Å². The maximum Gasteiger partial charge on any atom is 0.138 e. The van der Waals surface area contributed by atoms with Gasteiger partial charge >= 0.3 is 0 Å². The van der Waals surface area contributed by atoms with Crippen LogP contribution in [0.3, 0.4) is 0 Å². The lowest BCUT2D eigenvalue weighted by molar-refractivity contribution is 0.340. The summed E-state index contributed by atoms with van der Waals surface area (Å²) >= 11 is 6.25. The Labute approximate surface area is 115 Å². The first-order chi connectivity index (χ1) is 8.70. The van der Waals surface area contributed by atoms with Crippen LogP contribution >= 0.6 is 11.6 Å². The highest BCUT2D eigenvalue weighted by atomic mass is 35.5. The largest absolute Gasteiger partial charge is 0.492 e.